The zero-order chi connectivity index (χ0) is 9.10. The predicted molar refractivity (Wildman–Crippen MR) is 51.4 cm³/mol. The van der Waals surface area contributed by atoms with Crippen molar-refractivity contribution in [2.24, 2.45) is 5.73 Å². The highest BCUT2D eigenvalue weighted by Gasteiger charge is 2.24. The number of nitrogens with one attached hydrogen (secondary N) is 1. The Morgan fingerprint density at radius 3 is 2.69 bits per heavy atom. The number of hydrogen-bond donors (Lipinski definition) is 2. The molecular formula is C9H19N3O. The van der Waals surface area contributed by atoms with Gasteiger partial charge in [0.1, 0.15) is 0 Å². The van der Waals surface area contributed by atoms with Gasteiger partial charge in [0.05, 0.1) is 19.4 Å². The molecular weight excluding hydrogens is 166 g/mol. The van der Waals surface area contributed by atoms with E-state index in [2.05, 4.69) is 10.2 Å². The lowest BCUT2D eigenvalue weighted by atomic mass is 10.1. The third-order valence-electron chi connectivity index (χ3n) is 2.92. The Balaban J connectivity index is 1.79. The van der Waals surface area contributed by atoms with Crippen LogP contribution in [-0.4, -0.2) is 50.0 Å². The topological polar surface area (TPSA) is 50.5 Å². The van der Waals surface area contributed by atoms with Crippen molar-refractivity contribution in [2.75, 3.05) is 32.8 Å². The molecule has 1 atom stereocenters. The molecule has 3 N–H and O–H groups in total. The first-order valence-corrected chi connectivity index (χ1v) is 5.17. The van der Waals surface area contributed by atoms with Gasteiger partial charge >= 0.3 is 0 Å². The highest BCUT2D eigenvalue weighted by atomic mass is 16.5. The molecule has 1 unspecified atom stereocenters. The lowest BCUT2D eigenvalue weighted by Gasteiger charge is -2.38. The molecule has 0 spiro atoms. The van der Waals surface area contributed by atoms with Crippen molar-refractivity contribution in [1.82, 2.24) is 10.2 Å². The van der Waals surface area contributed by atoms with Crippen LogP contribution in [0.3, 0.4) is 0 Å². The normalized spacial score (nSPS) is 33.5. The molecule has 2 aliphatic rings. The lowest BCUT2D eigenvalue weighted by molar-refractivity contribution is 0.000277. The Kier molecular flexibility index (Phi) is 3.16. The van der Waals surface area contributed by atoms with Crippen molar-refractivity contribution in [3.63, 3.8) is 0 Å². The molecule has 2 saturated heterocycles. The number of ether oxygens (including phenoxy) is 1. The number of hydrogen-bond acceptors (Lipinski definition) is 4. The smallest absolute Gasteiger partial charge is 0.0839 e. The van der Waals surface area contributed by atoms with E-state index < -0.39 is 0 Å². The molecule has 0 amide bonds. The molecule has 2 aliphatic heterocycles. The Morgan fingerprint density at radius 1 is 1.31 bits per heavy atom. The molecule has 76 valence electrons. The zero-order valence-corrected chi connectivity index (χ0v) is 8.04. The van der Waals surface area contributed by atoms with Crippen LogP contribution in [-0.2, 0) is 4.74 Å². The summed E-state index contributed by atoms with van der Waals surface area (Å²) in [5.74, 6) is 0. The minimum atomic E-state index is 0.417. The van der Waals surface area contributed by atoms with Gasteiger partial charge in [-0.1, -0.05) is 0 Å². The van der Waals surface area contributed by atoms with Gasteiger partial charge in [0, 0.05) is 25.7 Å². The van der Waals surface area contributed by atoms with E-state index in [1.165, 1.54) is 0 Å². The Bertz CT molecular complexity index is 151. The SMILES string of the molecule is NC1CCN(C2COCCN2)CC1. The fraction of sp³-hybridized carbons (Fsp3) is 1.00. The van der Waals surface area contributed by atoms with Gasteiger partial charge in [-0.25, -0.2) is 0 Å². The summed E-state index contributed by atoms with van der Waals surface area (Å²) in [6, 6.07) is 0.417. The van der Waals surface area contributed by atoms with E-state index in [1.807, 2.05) is 0 Å². The van der Waals surface area contributed by atoms with E-state index >= 15 is 0 Å². The Morgan fingerprint density at radius 2 is 2.08 bits per heavy atom. The van der Waals surface area contributed by atoms with E-state index in [9.17, 15) is 0 Å². The molecule has 2 heterocycles. The highest BCUT2D eigenvalue weighted by molar-refractivity contribution is 4.79. The number of nitrogens with two attached hydrogens (primary N) is 1. The summed E-state index contributed by atoms with van der Waals surface area (Å²) in [6.07, 6.45) is 2.68. The van der Waals surface area contributed by atoms with E-state index in [-0.39, 0.29) is 0 Å². The summed E-state index contributed by atoms with van der Waals surface area (Å²) in [4.78, 5) is 2.45. The maximum Gasteiger partial charge on any atom is 0.0839 e. The van der Waals surface area contributed by atoms with Crippen molar-refractivity contribution < 1.29 is 4.74 Å². The van der Waals surface area contributed by atoms with Crippen LogP contribution >= 0.6 is 0 Å². The predicted octanol–water partition coefficient (Wildman–Crippen LogP) is -0.645. The molecule has 13 heavy (non-hydrogen) atoms. The Labute approximate surface area is 79.4 Å². The quantitative estimate of drug-likeness (QED) is 0.570. The van der Waals surface area contributed by atoms with E-state index in [4.69, 9.17) is 10.5 Å². The van der Waals surface area contributed by atoms with Crippen LogP contribution in [0.1, 0.15) is 12.8 Å². The first kappa shape index (κ1) is 9.40. The third-order valence-corrected chi connectivity index (χ3v) is 2.92. The van der Waals surface area contributed by atoms with E-state index in [1.54, 1.807) is 0 Å². The van der Waals surface area contributed by atoms with Crippen molar-refractivity contribution in [3.8, 4) is 0 Å². The maximum absolute atomic E-state index is 5.85. The highest BCUT2D eigenvalue weighted by Crippen LogP contribution is 2.11. The molecule has 2 rings (SSSR count). The molecule has 2 fully saturated rings. The summed E-state index contributed by atoms with van der Waals surface area (Å²) in [5.41, 5.74) is 5.85. The first-order valence-electron chi connectivity index (χ1n) is 5.17. The average molecular weight is 185 g/mol. The van der Waals surface area contributed by atoms with Gasteiger partial charge < -0.3 is 10.5 Å². The molecule has 0 bridgehead atoms. The Hall–Kier alpha value is -0.160. The maximum atomic E-state index is 5.85. The van der Waals surface area contributed by atoms with Crippen molar-refractivity contribution in [3.05, 3.63) is 0 Å². The number of nitrogens with zero attached hydrogens (tertiary/aromatic N) is 1. The third kappa shape index (κ3) is 2.40. The second-order valence-corrected chi connectivity index (χ2v) is 3.92. The van der Waals surface area contributed by atoms with Crippen LogP contribution in [0.15, 0.2) is 0 Å². The number of rotatable bonds is 1. The van der Waals surface area contributed by atoms with Crippen LogP contribution in [0.4, 0.5) is 0 Å². The van der Waals surface area contributed by atoms with E-state index in [0.29, 0.717) is 12.2 Å². The van der Waals surface area contributed by atoms with Gasteiger partial charge in [-0.3, -0.25) is 10.2 Å². The molecule has 0 aromatic carbocycles. The van der Waals surface area contributed by atoms with Gasteiger partial charge in [-0.15, -0.1) is 0 Å². The number of likely N-dealkylation sites (tertiary alicyclic amines) is 1. The van der Waals surface area contributed by atoms with Crippen molar-refractivity contribution in [2.45, 2.75) is 25.0 Å². The fourth-order valence-electron chi connectivity index (χ4n) is 2.02. The lowest BCUT2D eigenvalue weighted by Crippen LogP contribution is -2.56. The monoisotopic (exact) mass is 185 g/mol. The first-order chi connectivity index (χ1) is 6.36. The largest absolute Gasteiger partial charge is 0.377 e. The standard InChI is InChI=1S/C9H19N3O/c10-8-1-4-12(5-2-8)9-7-13-6-3-11-9/h8-9,11H,1-7,10H2. The molecule has 0 aromatic rings. The van der Waals surface area contributed by atoms with Gasteiger partial charge in [-0.05, 0) is 12.8 Å². The van der Waals surface area contributed by atoms with Gasteiger partial charge in [0.25, 0.3) is 0 Å². The summed E-state index contributed by atoms with van der Waals surface area (Å²) >= 11 is 0. The van der Waals surface area contributed by atoms with Crippen molar-refractivity contribution >= 4 is 0 Å². The average Bonchev–Trinajstić information content (AvgIpc) is 2.20. The molecule has 0 saturated carbocycles. The van der Waals surface area contributed by atoms with Gasteiger partial charge in [0.15, 0.2) is 0 Å². The summed E-state index contributed by atoms with van der Waals surface area (Å²) < 4.78 is 5.43. The molecule has 4 heteroatoms. The van der Waals surface area contributed by atoms with Crippen LogP contribution in [0.25, 0.3) is 0 Å². The summed E-state index contributed by atoms with van der Waals surface area (Å²) in [7, 11) is 0. The van der Waals surface area contributed by atoms with Crippen molar-refractivity contribution in [1.29, 1.82) is 0 Å². The van der Waals surface area contributed by atoms with Crippen LogP contribution in [0, 0.1) is 0 Å². The molecule has 0 radical (unpaired) electrons. The zero-order valence-electron chi connectivity index (χ0n) is 8.04. The molecule has 0 aromatic heterocycles. The minimum Gasteiger partial charge on any atom is -0.377 e. The fourth-order valence-corrected chi connectivity index (χ4v) is 2.02. The second kappa shape index (κ2) is 4.37. The van der Waals surface area contributed by atoms with Gasteiger partial charge in [0.2, 0.25) is 0 Å². The van der Waals surface area contributed by atoms with E-state index in [0.717, 1.165) is 45.7 Å². The second-order valence-electron chi connectivity index (χ2n) is 3.92. The van der Waals surface area contributed by atoms with Crippen LogP contribution in [0.2, 0.25) is 0 Å². The molecule has 4 nitrogen and oxygen atoms in total. The summed E-state index contributed by atoms with van der Waals surface area (Å²) in [6.45, 7) is 4.89. The van der Waals surface area contributed by atoms with Crippen LogP contribution in [0.5, 0.6) is 0 Å². The summed E-state index contributed by atoms with van der Waals surface area (Å²) in [5, 5.41) is 3.46. The number of morpholine rings is 1. The van der Waals surface area contributed by atoms with Crippen LogP contribution < -0.4 is 11.1 Å². The minimum absolute atomic E-state index is 0.417. The van der Waals surface area contributed by atoms with Gasteiger partial charge in [-0.2, -0.15) is 0 Å². The number of piperidine rings is 1. The molecule has 0 aliphatic carbocycles.